The number of nitrogens with zero attached hydrogens (tertiary/aromatic N) is 3. The summed E-state index contributed by atoms with van der Waals surface area (Å²) in [6, 6.07) is 1.69. The minimum absolute atomic E-state index is 0.205. The van der Waals surface area contributed by atoms with Crippen molar-refractivity contribution in [2.45, 2.75) is 32.6 Å². The van der Waals surface area contributed by atoms with E-state index >= 15 is 0 Å². The van der Waals surface area contributed by atoms with Crippen LogP contribution in [0.2, 0.25) is 0 Å². The molecule has 2 heterocycles. The van der Waals surface area contributed by atoms with Gasteiger partial charge in [0, 0.05) is 30.9 Å². The van der Waals surface area contributed by atoms with Gasteiger partial charge < -0.3 is 14.4 Å². The molecule has 2 aromatic rings. The topological polar surface area (TPSA) is 73.0 Å². The van der Waals surface area contributed by atoms with Crippen molar-refractivity contribution in [2.24, 2.45) is 7.05 Å². The maximum atomic E-state index is 12.1. The zero-order chi connectivity index (χ0) is 16.9. The molecule has 0 radical (unpaired) electrons. The number of aromatic nitrogens is 3. The second-order valence-corrected chi connectivity index (χ2v) is 5.96. The van der Waals surface area contributed by atoms with Gasteiger partial charge in [-0.05, 0) is 32.6 Å². The molecule has 2 aromatic heterocycles. The molecule has 0 saturated carbocycles. The van der Waals surface area contributed by atoms with Crippen molar-refractivity contribution in [1.29, 1.82) is 0 Å². The summed E-state index contributed by atoms with van der Waals surface area (Å²) in [5.74, 6) is 0.434. The minimum Gasteiger partial charge on any atom is -0.356 e. The maximum Gasteiger partial charge on any atom is 0.273 e. The Kier molecular flexibility index (Phi) is 4.93. The Hall–Kier alpha value is -2.63. The largest absolute Gasteiger partial charge is 0.356 e. The van der Waals surface area contributed by atoms with Gasteiger partial charge >= 0.3 is 0 Å². The van der Waals surface area contributed by atoms with Crippen molar-refractivity contribution in [1.82, 2.24) is 20.0 Å². The summed E-state index contributed by atoms with van der Waals surface area (Å²) >= 11 is 0. The number of rotatable bonds is 6. The fourth-order valence-corrected chi connectivity index (χ4v) is 2.65. The van der Waals surface area contributed by atoms with Crippen molar-refractivity contribution >= 4 is 11.5 Å². The molecule has 126 valence electrons. The Labute approximate surface area is 141 Å². The molecule has 0 atom stereocenters. The van der Waals surface area contributed by atoms with Gasteiger partial charge in [-0.25, -0.2) is 4.98 Å². The number of nitrogens with one attached hydrogen (secondary N) is 1. The first-order valence-electron chi connectivity index (χ1n) is 8.24. The fraction of sp³-hybridized carbons (Fsp3) is 0.389. The zero-order valence-electron chi connectivity index (χ0n) is 14.1. The monoisotopic (exact) mass is 326 g/mol. The number of imidazole rings is 1. The predicted molar refractivity (Wildman–Crippen MR) is 91.5 cm³/mol. The summed E-state index contributed by atoms with van der Waals surface area (Å²) in [5.41, 5.74) is 3.54. The van der Waals surface area contributed by atoms with Crippen LogP contribution in [-0.4, -0.2) is 27.2 Å². The van der Waals surface area contributed by atoms with Crippen LogP contribution in [0.3, 0.4) is 0 Å². The molecule has 0 bridgehead atoms. The summed E-state index contributed by atoms with van der Waals surface area (Å²) in [4.78, 5) is 16.5. The summed E-state index contributed by atoms with van der Waals surface area (Å²) in [5, 5.41) is 6.75. The van der Waals surface area contributed by atoms with E-state index in [2.05, 4.69) is 27.6 Å². The number of carbonyl (C=O) groups excluding carboxylic acids is 1. The van der Waals surface area contributed by atoms with Crippen molar-refractivity contribution in [3.8, 4) is 0 Å². The minimum atomic E-state index is -0.205. The molecular formula is C18H22N4O2. The first-order chi connectivity index (χ1) is 11.6. The lowest BCUT2D eigenvalue weighted by Gasteiger charge is -2.03. The van der Waals surface area contributed by atoms with Gasteiger partial charge in [-0.1, -0.05) is 23.4 Å². The third-order valence-electron chi connectivity index (χ3n) is 4.23. The lowest BCUT2D eigenvalue weighted by atomic mass is 10.1. The predicted octanol–water partition coefficient (Wildman–Crippen LogP) is 2.81. The van der Waals surface area contributed by atoms with E-state index in [0.717, 1.165) is 42.6 Å². The first kappa shape index (κ1) is 16.2. The van der Waals surface area contributed by atoms with Gasteiger partial charge in [-0.15, -0.1) is 0 Å². The van der Waals surface area contributed by atoms with E-state index in [9.17, 15) is 4.79 Å². The van der Waals surface area contributed by atoms with Gasteiger partial charge in [0.2, 0.25) is 0 Å². The lowest BCUT2D eigenvalue weighted by Crippen LogP contribution is -2.25. The summed E-state index contributed by atoms with van der Waals surface area (Å²) in [7, 11) is 1.98. The van der Waals surface area contributed by atoms with Gasteiger partial charge in [-0.3, -0.25) is 4.79 Å². The van der Waals surface area contributed by atoms with Gasteiger partial charge in [0.05, 0.1) is 12.0 Å². The van der Waals surface area contributed by atoms with Gasteiger partial charge in [-0.2, -0.15) is 0 Å². The molecule has 0 aliphatic heterocycles. The fourth-order valence-electron chi connectivity index (χ4n) is 2.65. The first-order valence-corrected chi connectivity index (χ1v) is 8.24. The van der Waals surface area contributed by atoms with Crippen molar-refractivity contribution in [3.05, 3.63) is 53.5 Å². The van der Waals surface area contributed by atoms with E-state index in [4.69, 9.17) is 4.52 Å². The molecule has 0 fully saturated rings. The van der Waals surface area contributed by atoms with Crippen LogP contribution in [0.25, 0.3) is 5.57 Å². The van der Waals surface area contributed by atoms with Crippen LogP contribution in [0.15, 0.2) is 35.1 Å². The molecule has 0 spiro atoms. The second-order valence-electron chi connectivity index (χ2n) is 5.96. The molecule has 3 rings (SSSR count). The van der Waals surface area contributed by atoms with E-state index in [-0.39, 0.29) is 5.91 Å². The smallest absolute Gasteiger partial charge is 0.273 e. The molecule has 1 aliphatic rings. The van der Waals surface area contributed by atoms with E-state index < -0.39 is 0 Å². The third kappa shape index (κ3) is 3.64. The molecule has 1 aliphatic carbocycles. The molecule has 0 unspecified atom stereocenters. The van der Waals surface area contributed by atoms with E-state index in [1.807, 2.05) is 30.9 Å². The standard InChI is InChI=1S/C18H22N4O2/c1-13-15(20-12-22(13)2)9-6-10-19-18(23)16-11-17(24-21-16)14-7-4-3-5-8-14/h4,7-8,11-12H,3,5-6,9-10H2,1-2H3,(H,19,23). The molecule has 0 aromatic carbocycles. The molecule has 6 nitrogen and oxygen atoms in total. The SMILES string of the molecule is Cc1c(CCCNC(=O)c2cc(C3=CCCC=C3)on2)ncn1C. The molecule has 6 heteroatoms. The molecule has 1 amide bonds. The quantitative estimate of drug-likeness (QED) is 0.829. The van der Waals surface area contributed by atoms with E-state index in [0.29, 0.717) is 18.0 Å². The van der Waals surface area contributed by atoms with Gasteiger partial charge in [0.25, 0.3) is 5.91 Å². The Balaban J connectivity index is 1.49. The van der Waals surface area contributed by atoms with E-state index in [1.54, 1.807) is 6.07 Å². The highest BCUT2D eigenvalue weighted by Crippen LogP contribution is 2.21. The lowest BCUT2D eigenvalue weighted by molar-refractivity contribution is 0.0944. The Morgan fingerprint density at radius 1 is 1.42 bits per heavy atom. The average Bonchev–Trinajstić information content (AvgIpc) is 3.21. The van der Waals surface area contributed by atoms with Crippen molar-refractivity contribution in [3.63, 3.8) is 0 Å². The van der Waals surface area contributed by atoms with Crippen LogP contribution < -0.4 is 5.32 Å². The summed E-state index contributed by atoms with van der Waals surface area (Å²) in [6.07, 6.45) is 11.7. The van der Waals surface area contributed by atoms with Crippen LogP contribution in [-0.2, 0) is 13.5 Å². The third-order valence-corrected chi connectivity index (χ3v) is 4.23. The number of amides is 1. The Bertz CT molecular complexity index is 783. The second kappa shape index (κ2) is 7.29. The van der Waals surface area contributed by atoms with Crippen LogP contribution >= 0.6 is 0 Å². The van der Waals surface area contributed by atoms with Crippen molar-refractivity contribution in [2.75, 3.05) is 6.54 Å². The van der Waals surface area contributed by atoms with E-state index in [1.165, 1.54) is 0 Å². The van der Waals surface area contributed by atoms with Crippen LogP contribution in [0.1, 0.15) is 46.9 Å². The van der Waals surface area contributed by atoms with Crippen LogP contribution in [0.5, 0.6) is 0 Å². The highest BCUT2D eigenvalue weighted by molar-refractivity contribution is 5.93. The number of allylic oxidation sites excluding steroid dienone is 4. The maximum absolute atomic E-state index is 12.1. The van der Waals surface area contributed by atoms with Gasteiger partial charge in [0.1, 0.15) is 0 Å². The summed E-state index contributed by atoms with van der Waals surface area (Å²) < 4.78 is 7.28. The van der Waals surface area contributed by atoms with Gasteiger partial charge in [0.15, 0.2) is 11.5 Å². The number of aryl methyl sites for hydroxylation is 2. The number of hydrogen-bond donors (Lipinski definition) is 1. The molecular weight excluding hydrogens is 304 g/mol. The van der Waals surface area contributed by atoms with Crippen LogP contribution in [0.4, 0.5) is 0 Å². The Morgan fingerprint density at radius 3 is 3.00 bits per heavy atom. The summed E-state index contributed by atoms with van der Waals surface area (Å²) in [6.45, 7) is 2.63. The number of hydrogen-bond acceptors (Lipinski definition) is 4. The average molecular weight is 326 g/mol. The molecule has 0 saturated heterocycles. The van der Waals surface area contributed by atoms with Crippen LogP contribution in [0, 0.1) is 6.92 Å². The van der Waals surface area contributed by atoms with Crippen molar-refractivity contribution < 1.29 is 9.32 Å². The molecule has 1 N–H and O–H groups in total. The number of carbonyl (C=O) groups is 1. The Morgan fingerprint density at radius 2 is 2.29 bits per heavy atom. The highest BCUT2D eigenvalue weighted by atomic mass is 16.5. The highest BCUT2D eigenvalue weighted by Gasteiger charge is 2.14. The molecule has 24 heavy (non-hydrogen) atoms. The zero-order valence-corrected chi connectivity index (χ0v) is 14.1. The normalized spacial score (nSPS) is 13.8.